The van der Waals surface area contributed by atoms with E-state index in [1.807, 2.05) is 26.4 Å². The molecule has 8 nitrogen and oxygen atoms in total. The third kappa shape index (κ3) is 3.79. The van der Waals surface area contributed by atoms with E-state index in [-0.39, 0.29) is 11.4 Å². The Morgan fingerprint density at radius 2 is 1.86 bits per heavy atom. The Bertz CT molecular complexity index is 1350. The summed E-state index contributed by atoms with van der Waals surface area (Å²) in [6, 6.07) is 9.08. The van der Waals surface area contributed by atoms with Crippen LogP contribution in [0, 0.1) is 18.8 Å². The fourth-order valence-electron chi connectivity index (χ4n) is 6.66. The van der Waals surface area contributed by atoms with Crippen LogP contribution in [-0.2, 0) is 5.54 Å². The minimum atomic E-state index is 0.0108. The number of carbonyl (C=O) groups excluding carboxylic acids is 1. The van der Waals surface area contributed by atoms with E-state index in [9.17, 15) is 4.79 Å². The van der Waals surface area contributed by atoms with E-state index in [4.69, 9.17) is 4.98 Å². The lowest BCUT2D eigenvalue weighted by molar-refractivity contribution is -0.160. The van der Waals surface area contributed by atoms with Crippen LogP contribution in [0.1, 0.15) is 49.7 Å². The molecular formula is C29H39N7O. The van der Waals surface area contributed by atoms with Gasteiger partial charge in [-0.2, -0.15) is 4.98 Å². The summed E-state index contributed by atoms with van der Waals surface area (Å²) in [7, 11) is 3.62. The molecule has 7 rings (SSSR count). The highest BCUT2D eigenvalue weighted by atomic mass is 16.2. The Morgan fingerprint density at radius 1 is 1.14 bits per heavy atom. The van der Waals surface area contributed by atoms with Gasteiger partial charge in [0.25, 0.3) is 5.91 Å². The number of fused-ring (bicyclic) bond motifs is 1. The van der Waals surface area contributed by atoms with Crippen LogP contribution in [0.5, 0.6) is 0 Å². The number of nitrogens with one attached hydrogen (secondary N) is 1. The lowest BCUT2D eigenvalue weighted by Gasteiger charge is -2.68. The molecule has 1 saturated heterocycles. The molecule has 3 saturated carbocycles. The summed E-state index contributed by atoms with van der Waals surface area (Å²) in [5, 5.41) is 4.35. The van der Waals surface area contributed by atoms with Crippen molar-refractivity contribution in [3.05, 3.63) is 41.7 Å². The van der Waals surface area contributed by atoms with Crippen molar-refractivity contribution in [2.45, 2.75) is 52.1 Å². The van der Waals surface area contributed by atoms with Gasteiger partial charge in [-0.05, 0) is 75.3 Å². The van der Waals surface area contributed by atoms with Gasteiger partial charge in [0.2, 0.25) is 5.95 Å². The summed E-state index contributed by atoms with van der Waals surface area (Å²) in [6.45, 7) is 13.3. The van der Waals surface area contributed by atoms with E-state index < -0.39 is 0 Å². The lowest BCUT2D eigenvalue weighted by Crippen LogP contribution is -2.67. The average Bonchev–Trinajstić information content (AvgIpc) is 3.21. The van der Waals surface area contributed by atoms with Crippen molar-refractivity contribution in [1.82, 2.24) is 24.3 Å². The minimum Gasteiger partial charge on any atom is -0.369 e. The van der Waals surface area contributed by atoms with Gasteiger partial charge in [0.05, 0.1) is 5.54 Å². The summed E-state index contributed by atoms with van der Waals surface area (Å²) in [5.74, 6) is 1.92. The quantitative estimate of drug-likeness (QED) is 0.538. The molecule has 0 radical (unpaired) electrons. The van der Waals surface area contributed by atoms with Gasteiger partial charge in [0.1, 0.15) is 11.3 Å². The number of piperazine rings is 1. The molecule has 196 valence electrons. The fraction of sp³-hybridized carbons (Fsp3) is 0.552. The van der Waals surface area contributed by atoms with Crippen molar-refractivity contribution in [3.63, 3.8) is 0 Å². The van der Waals surface area contributed by atoms with Gasteiger partial charge in [0, 0.05) is 69.3 Å². The molecule has 1 aliphatic heterocycles. The Morgan fingerprint density at radius 3 is 2.43 bits per heavy atom. The molecule has 4 aliphatic rings. The van der Waals surface area contributed by atoms with Crippen molar-refractivity contribution in [2.75, 3.05) is 50.5 Å². The molecular weight excluding hydrogens is 462 g/mol. The number of aryl methyl sites for hydroxylation is 1. The van der Waals surface area contributed by atoms with Crippen LogP contribution in [0.25, 0.3) is 11.0 Å². The molecule has 0 spiro atoms. The van der Waals surface area contributed by atoms with Crippen LogP contribution >= 0.6 is 0 Å². The average molecular weight is 502 g/mol. The van der Waals surface area contributed by atoms with Crippen LogP contribution in [0.15, 0.2) is 30.5 Å². The van der Waals surface area contributed by atoms with Gasteiger partial charge < -0.3 is 19.7 Å². The van der Waals surface area contributed by atoms with Crippen LogP contribution in [0.2, 0.25) is 0 Å². The first kappa shape index (κ1) is 24.2. The fourth-order valence-corrected chi connectivity index (χ4v) is 6.66. The zero-order valence-electron chi connectivity index (χ0n) is 23.0. The largest absolute Gasteiger partial charge is 0.369 e. The minimum absolute atomic E-state index is 0.0108. The molecule has 2 bridgehead atoms. The molecule has 8 heteroatoms. The number of hydrogen-bond donors (Lipinski definition) is 1. The summed E-state index contributed by atoms with van der Waals surface area (Å²) >= 11 is 0. The number of hydrogen-bond acceptors (Lipinski definition) is 6. The van der Waals surface area contributed by atoms with Crippen molar-refractivity contribution in [2.24, 2.45) is 11.8 Å². The van der Waals surface area contributed by atoms with Crippen LogP contribution in [0.3, 0.4) is 0 Å². The Balaban J connectivity index is 1.27. The van der Waals surface area contributed by atoms with E-state index in [1.54, 1.807) is 4.90 Å². The van der Waals surface area contributed by atoms with Crippen LogP contribution in [-0.4, -0.2) is 76.6 Å². The SMILES string of the molecule is Cc1cc(Nc2ncc3cc(C(=O)N(C)C)n(C45CC(C4)[C@H]5C)c3n2)ccc1N1CCN(C(C)C)CC1. The van der Waals surface area contributed by atoms with Crippen molar-refractivity contribution in [3.8, 4) is 0 Å². The van der Waals surface area contributed by atoms with E-state index in [1.165, 1.54) is 11.3 Å². The summed E-state index contributed by atoms with van der Waals surface area (Å²) in [5.41, 5.74) is 5.09. The summed E-state index contributed by atoms with van der Waals surface area (Å²) in [4.78, 5) is 29.4. The molecule has 3 aromatic rings. The normalized spacial score (nSPS) is 25.2. The van der Waals surface area contributed by atoms with Gasteiger partial charge in [-0.1, -0.05) is 6.92 Å². The van der Waals surface area contributed by atoms with Crippen molar-refractivity contribution in [1.29, 1.82) is 0 Å². The summed E-state index contributed by atoms with van der Waals surface area (Å²) < 4.78 is 2.23. The predicted octanol–water partition coefficient (Wildman–Crippen LogP) is 4.47. The highest BCUT2D eigenvalue weighted by molar-refractivity contribution is 5.98. The Kier molecular flexibility index (Phi) is 5.71. The van der Waals surface area contributed by atoms with Crippen LogP contribution in [0.4, 0.5) is 17.3 Å². The summed E-state index contributed by atoms with van der Waals surface area (Å²) in [6.07, 6.45) is 4.11. The van der Waals surface area contributed by atoms with E-state index >= 15 is 0 Å². The molecule has 4 fully saturated rings. The van der Waals surface area contributed by atoms with E-state index in [0.717, 1.165) is 61.7 Å². The van der Waals surface area contributed by atoms with Gasteiger partial charge in [0.15, 0.2) is 0 Å². The molecule has 1 amide bonds. The smallest absolute Gasteiger partial charge is 0.270 e. The first-order valence-electron chi connectivity index (χ1n) is 13.7. The Labute approximate surface area is 219 Å². The standard InChI is InChI=1S/C29H39N7O/c1-18(2)34-9-11-35(12-10-34)24-8-7-23(13-19(24)3)31-28-30-17-21-14-25(27(37)33(5)6)36(26(21)32-28)29-15-22(16-29)20(29)4/h7-8,13-14,17-18,20,22H,9-12,15-16H2,1-6H3,(H,30,31,32)/t20-,22?,29?/m1/s1. The third-order valence-corrected chi connectivity index (χ3v) is 9.24. The maximum absolute atomic E-state index is 13.1. The first-order chi connectivity index (χ1) is 17.7. The highest BCUT2D eigenvalue weighted by Gasteiger charge is 2.65. The third-order valence-electron chi connectivity index (χ3n) is 9.24. The van der Waals surface area contributed by atoms with Gasteiger partial charge in [-0.15, -0.1) is 0 Å². The zero-order chi connectivity index (χ0) is 26.1. The van der Waals surface area contributed by atoms with Gasteiger partial charge in [-0.3, -0.25) is 9.69 Å². The van der Waals surface area contributed by atoms with Crippen molar-refractivity contribution < 1.29 is 4.79 Å². The number of amides is 1. The molecule has 37 heavy (non-hydrogen) atoms. The second kappa shape index (κ2) is 8.72. The topological polar surface area (TPSA) is 69.5 Å². The zero-order valence-corrected chi connectivity index (χ0v) is 23.0. The maximum Gasteiger partial charge on any atom is 0.270 e. The molecule has 2 aromatic heterocycles. The predicted molar refractivity (Wildman–Crippen MR) is 149 cm³/mol. The number of aromatic nitrogens is 3. The molecule has 3 heterocycles. The monoisotopic (exact) mass is 501 g/mol. The molecule has 1 aromatic carbocycles. The Hall–Kier alpha value is -3.13. The molecule has 1 N–H and O–H groups in total. The van der Waals surface area contributed by atoms with Crippen LogP contribution < -0.4 is 10.2 Å². The van der Waals surface area contributed by atoms with Gasteiger partial charge >= 0.3 is 0 Å². The number of carbonyl (C=O) groups is 1. The number of anilines is 3. The number of rotatable bonds is 6. The molecule has 1 atom stereocenters. The molecule has 3 aliphatic carbocycles. The first-order valence-corrected chi connectivity index (χ1v) is 13.7. The molecule has 0 unspecified atom stereocenters. The van der Waals surface area contributed by atoms with E-state index in [2.05, 4.69) is 70.6 Å². The number of nitrogens with zero attached hydrogens (tertiary/aromatic N) is 6. The van der Waals surface area contributed by atoms with Gasteiger partial charge in [-0.25, -0.2) is 4.98 Å². The highest BCUT2D eigenvalue weighted by Crippen LogP contribution is 2.67. The lowest BCUT2D eigenvalue weighted by atomic mass is 9.42. The number of benzene rings is 1. The van der Waals surface area contributed by atoms with Crippen molar-refractivity contribution >= 4 is 34.3 Å². The van der Waals surface area contributed by atoms with E-state index in [0.29, 0.717) is 23.6 Å². The second-order valence-electron chi connectivity index (χ2n) is 11.8. The maximum atomic E-state index is 13.1. The second-order valence-corrected chi connectivity index (χ2v) is 11.8.